The molecule has 2 aliphatic rings. The Bertz CT molecular complexity index is 1080. The molecule has 4 nitrogen and oxygen atoms in total. The summed E-state index contributed by atoms with van der Waals surface area (Å²) in [5.41, 5.74) is -4.00. The lowest BCUT2D eigenvalue weighted by atomic mass is 9.77. The minimum atomic E-state index is -4.99. The average molecular weight is 533 g/mol. The van der Waals surface area contributed by atoms with Gasteiger partial charge in [0, 0.05) is 31.8 Å². The van der Waals surface area contributed by atoms with Crippen LogP contribution < -0.4 is 10.6 Å². The Kier molecular flexibility index (Phi) is 7.85. The van der Waals surface area contributed by atoms with E-state index in [1.54, 1.807) is 6.07 Å². The van der Waals surface area contributed by atoms with Crippen molar-refractivity contribution in [3.05, 3.63) is 70.5 Å². The summed E-state index contributed by atoms with van der Waals surface area (Å²) in [5.74, 6) is -1.11. The minimum Gasteiger partial charge on any atom is -0.381 e. The standard InChI is InChI=1S/C26H27F7N2O2/c27-20-3-1-2-17(13-20)24(7-4-22(14-24)35-21-5-8-37-9-6-21)23(36)34-15-16-10-18(25(28,29)30)12-19(11-16)26(31,32)33/h1-3,10-13,21-22,35H,4-9,14-15H2,(H,34,36). The van der Waals surface area contributed by atoms with E-state index < -0.39 is 47.2 Å². The summed E-state index contributed by atoms with van der Waals surface area (Å²) in [5, 5.41) is 6.07. The van der Waals surface area contributed by atoms with Gasteiger partial charge >= 0.3 is 12.4 Å². The van der Waals surface area contributed by atoms with Crippen LogP contribution in [0.4, 0.5) is 30.7 Å². The lowest BCUT2D eigenvalue weighted by molar-refractivity contribution is -0.143. The van der Waals surface area contributed by atoms with Gasteiger partial charge < -0.3 is 15.4 Å². The molecule has 1 aliphatic carbocycles. The molecule has 1 saturated carbocycles. The topological polar surface area (TPSA) is 50.4 Å². The normalized spacial score (nSPS) is 23.3. The van der Waals surface area contributed by atoms with Crippen LogP contribution in [0.25, 0.3) is 0 Å². The second kappa shape index (κ2) is 10.6. The fourth-order valence-corrected chi connectivity index (χ4v) is 5.24. The molecule has 2 aromatic carbocycles. The van der Waals surface area contributed by atoms with E-state index in [9.17, 15) is 35.5 Å². The molecule has 202 valence electrons. The smallest absolute Gasteiger partial charge is 0.381 e. The Morgan fingerprint density at radius 3 is 2.16 bits per heavy atom. The summed E-state index contributed by atoms with van der Waals surface area (Å²) in [4.78, 5) is 13.5. The van der Waals surface area contributed by atoms with Gasteiger partial charge in [0.2, 0.25) is 5.91 Å². The number of alkyl halides is 6. The Labute approximate surface area is 209 Å². The molecule has 0 aromatic heterocycles. The predicted molar refractivity (Wildman–Crippen MR) is 121 cm³/mol. The molecule has 37 heavy (non-hydrogen) atoms. The number of ether oxygens (including phenoxy) is 1. The summed E-state index contributed by atoms with van der Waals surface area (Å²) >= 11 is 0. The molecule has 2 atom stereocenters. The van der Waals surface area contributed by atoms with Gasteiger partial charge in [-0.2, -0.15) is 26.3 Å². The van der Waals surface area contributed by atoms with Crippen LogP contribution in [0.2, 0.25) is 0 Å². The first-order valence-electron chi connectivity index (χ1n) is 12.0. The highest BCUT2D eigenvalue weighted by atomic mass is 19.4. The highest BCUT2D eigenvalue weighted by Crippen LogP contribution is 2.42. The SMILES string of the molecule is O=C(NCc1cc(C(F)(F)F)cc(C(F)(F)F)c1)C1(c2cccc(F)c2)CCC(NC2CCOCC2)C1. The summed E-state index contributed by atoms with van der Waals surface area (Å²) in [6, 6.07) is 6.95. The van der Waals surface area contributed by atoms with E-state index in [4.69, 9.17) is 4.74 Å². The van der Waals surface area contributed by atoms with Gasteiger partial charge in [0.15, 0.2) is 0 Å². The molecular formula is C26H27F7N2O2. The zero-order valence-corrected chi connectivity index (χ0v) is 19.8. The minimum absolute atomic E-state index is 0.0447. The maximum atomic E-state index is 14.1. The Morgan fingerprint density at radius 1 is 0.919 bits per heavy atom. The van der Waals surface area contributed by atoms with E-state index >= 15 is 0 Å². The second-order valence-corrected chi connectivity index (χ2v) is 9.68. The van der Waals surface area contributed by atoms with Crippen LogP contribution >= 0.6 is 0 Å². The number of carbonyl (C=O) groups is 1. The number of rotatable bonds is 6. The van der Waals surface area contributed by atoms with Crippen molar-refractivity contribution >= 4 is 5.91 Å². The molecule has 2 fully saturated rings. The van der Waals surface area contributed by atoms with Gasteiger partial charge in [-0.1, -0.05) is 12.1 Å². The van der Waals surface area contributed by atoms with E-state index in [0.717, 1.165) is 12.8 Å². The van der Waals surface area contributed by atoms with Crippen molar-refractivity contribution in [2.75, 3.05) is 13.2 Å². The molecule has 2 aromatic rings. The number of hydrogen-bond acceptors (Lipinski definition) is 3. The summed E-state index contributed by atoms with van der Waals surface area (Å²) < 4.78 is 98.9. The number of halogens is 7. The van der Waals surface area contributed by atoms with Crippen molar-refractivity contribution in [1.82, 2.24) is 10.6 Å². The maximum Gasteiger partial charge on any atom is 0.416 e. The van der Waals surface area contributed by atoms with Gasteiger partial charge in [-0.25, -0.2) is 4.39 Å². The first-order chi connectivity index (χ1) is 17.4. The van der Waals surface area contributed by atoms with Crippen LogP contribution in [0.5, 0.6) is 0 Å². The van der Waals surface area contributed by atoms with E-state index in [-0.39, 0.29) is 23.7 Å². The number of hydrogen-bond donors (Lipinski definition) is 2. The molecule has 0 spiro atoms. The van der Waals surface area contributed by atoms with Crippen LogP contribution in [0.15, 0.2) is 42.5 Å². The Hall–Kier alpha value is -2.66. The molecule has 1 amide bonds. The van der Waals surface area contributed by atoms with E-state index in [1.807, 2.05) is 0 Å². The van der Waals surface area contributed by atoms with Crippen molar-refractivity contribution < 1.29 is 40.3 Å². The van der Waals surface area contributed by atoms with Gasteiger partial charge in [0.25, 0.3) is 0 Å². The molecule has 1 saturated heterocycles. The summed E-state index contributed by atoms with van der Waals surface area (Å²) in [7, 11) is 0. The van der Waals surface area contributed by atoms with Crippen molar-refractivity contribution in [3.8, 4) is 0 Å². The van der Waals surface area contributed by atoms with Gasteiger partial charge in [-0.3, -0.25) is 4.79 Å². The van der Waals surface area contributed by atoms with Gasteiger partial charge in [0.05, 0.1) is 16.5 Å². The highest BCUT2D eigenvalue weighted by Gasteiger charge is 2.47. The van der Waals surface area contributed by atoms with Gasteiger partial charge in [0.1, 0.15) is 5.82 Å². The molecule has 4 rings (SSSR count). The fourth-order valence-electron chi connectivity index (χ4n) is 5.24. The number of nitrogens with one attached hydrogen (secondary N) is 2. The molecule has 2 unspecified atom stereocenters. The zero-order valence-electron chi connectivity index (χ0n) is 19.8. The molecular weight excluding hydrogens is 505 g/mol. The predicted octanol–water partition coefficient (Wildman–Crippen LogP) is 5.74. The third kappa shape index (κ3) is 6.43. The molecule has 1 aliphatic heterocycles. The van der Waals surface area contributed by atoms with E-state index in [0.29, 0.717) is 50.2 Å². The van der Waals surface area contributed by atoms with Crippen LogP contribution in [0.1, 0.15) is 54.4 Å². The van der Waals surface area contributed by atoms with E-state index in [1.165, 1.54) is 18.2 Å². The lowest BCUT2D eigenvalue weighted by Gasteiger charge is -2.31. The monoisotopic (exact) mass is 532 g/mol. The number of carbonyl (C=O) groups excluding carboxylic acids is 1. The molecule has 1 heterocycles. The summed E-state index contributed by atoms with van der Waals surface area (Å²) in [6.07, 6.45) is -7.09. The number of amides is 1. The van der Waals surface area contributed by atoms with Crippen LogP contribution in [0.3, 0.4) is 0 Å². The van der Waals surface area contributed by atoms with Crippen LogP contribution in [0, 0.1) is 5.82 Å². The highest BCUT2D eigenvalue weighted by molar-refractivity contribution is 5.88. The first-order valence-corrected chi connectivity index (χ1v) is 12.0. The summed E-state index contributed by atoms with van der Waals surface area (Å²) in [6.45, 7) is 0.703. The second-order valence-electron chi connectivity index (χ2n) is 9.68. The van der Waals surface area contributed by atoms with Crippen molar-refractivity contribution in [3.63, 3.8) is 0 Å². The third-order valence-electron chi connectivity index (χ3n) is 7.12. The fraction of sp³-hybridized carbons (Fsp3) is 0.500. The van der Waals surface area contributed by atoms with Crippen molar-refractivity contribution in [1.29, 1.82) is 0 Å². The van der Waals surface area contributed by atoms with Crippen molar-refractivity contribution in [2.24, 2.45) is 0 Å². The molecule has 2 N–H and O–H groups in total. The van der Waals surface area contributed by atoms with Gasteiger partial charge in [-0.05, 0) is 73.6 Å². The molecule has 0 bridgehead atoms. The largest absolute Gasteiger partial charge is 0.416 e. The lowest BCUT2D eigenvalue weighted by Crippen LogP contribution is -2.45. The van der Waals surface area contributed by atoms with Crippen LogP contribution in [-0.2, 0) is 33.8 Å². The number of benzene rings is 2. The van der Waals surface area contributed by atoms with E-state index in [2.05, 4.69) is 10.6 Å². The third-order valence-corrected chi connectivity index (χ3v) is 7.12. The zero-order chi connectivity index (χ0) is 26.8. The maximum absolute atomic E-state index is 14.1. The molecule has 11 heteroatoms. The Morgan fingerprint density at radius 2 is 1.57 bits per heavy atom. The molecule has 0 radical (unpaired) electrons. The Balaban J connectivity index is 1.57. The van der Waals surface area contributed by atoms with Gasteiger partial charge in [-0.15, -0.1) is 0 Å². The van der Waals surface area contributed by atoms with Crippen LogP contribution in [-0.4, -0.2) is 31.2 Å². The quantitative estimate of drug-likeness (QED) is 0.467. The first kappa shape index (κ1) is 27.4. The average Bonchev–Trinajstić information content (AvgIpc) is 3.27. The van der Waals surface area contributed by atoms with Crippen molar-refractivity contribution in [2.45, 2.75) is 68.5 Å².